The quantitative estimate of drug-likeness (QED) is 0.591. The van der Waals surface area contributed by atoms with Crippen molar-refractivity contribution in [1.82, 2.24) is 4.98 Å². The highest BCUT2D eigenvalue weighted by Crippen LogP contribution is 2.20. The average Bonchev–Trinajstić information content (AvgIpc) is 2.55. The largest absolute Gasteiger partial charge is 0.317 e. The van der Waals surface area contributed by atoms with Crippen molar-refractivity contribution in [1.29, 1.82) is 0 Å². The number of amides is 1. The molecule has 3 rings (SSSR count). The Hall–Kier alpha value is -3.01. The van der Waals surface area contributed by atoms with Crippen LogP contribution in [0.15, 0.2) is 66.9 Å². The molecule has 1 heterocycles. The van der Waals surface area contributed by atoms with Gasteiger partial charge in [0.2, 0.25) is 0 Å². The van der Waals surface area contributed by atoms with Crippen LogP contribution in [-0.2, 0) is 4.79 Å². The number of anilines is 1. The van der Waals surface area contributed by atoms with E-state index >= 15 is 0 Å². The van der Waals surface area contributed by atoms with Gasteiger partial charge in [0.15, 0.2) is 0 Å². The molecule has 4 nitrogen and oxygen atoms in total. The van der Waals surface area contributed by atoms with Crippen molar-refractivity contribution in [2.75, 3.05) is 5.32 Å². The van der Waals surface area contributed by atoms with Crippen LogP contribution in [0.3, 0.4) is 0 Å². The lowest BCUT2D eigenvalue weighted by Crippen LogP contribution is -2.23. The summed E-state index contributed by atoms with van der Waals surface area (Å²) >= 11 is 0. The molecule has 0 fully saturated rings. The smallest absolute Gasteiger partial charge is 0.296 e. The molecule has 1 N–H and O–H groups in total. The van der Waals surface area contributed by atoms with Gasteiger partial charge in [-0.2, -0.15) is 0 Å². The van der Waals surface area contributed by atoms with E-state index in [4.69, 9.17) is 0 Å². The summed E-state index contributed by atoms with van der Waals surface area (Å²) in [6.45, 7) is 0. The molecule has 0 spiro atoms. The first-order valence-electron chi connectivity index (χ1n) is 6.50. The molecule has 0 radical (unpaired) electrons. The monoisotopic (exact) mass is 276 g/mol. The number of nitrogens with one attached hydrogen (secondary N) is 1. The number of benzene rings is 2. The highest BCUT2D eigenvalue weighted by Gasteiger charge is 2.16. The van der Waals surface area contributed by atoms with Gasteiger partial charge in [-0.1, -0.05) is 48.5 Å². The number of para-hydroxylation sites is 1. The first-order valence-corrected chi connectivity index (χ1v) is 6.50. The predicted octanol–water partition coefficient (Wildman–Crippen LogP) is 3.06. The van der Waals surface area contributed by atoms with Gasteiger partial charge in [-0.25, -0.2) is 0 Å². The van der Waals surface area contributed by atoms with E-state index in [2.05, 4.69) is 10.3 Å². The minimum absolute atomic E-state index is 0.364. The summed E-state index contributed by atoms with van der Waals surface area (Å²) in [4.78, 5) is 28.4. The van der Waals surface area contributed by atoms with E-state index in [-0.39, 0.29) is 0 Å². The van der Waals surface area contributed by atoms with Gasteiger partial charge in [-0.3, -0.25) is 14.6 Å². The van der Waals surface area contributed by atoms with Crippen LogP contribution in [0.25, 0.3) is 10.9 Å². The number of carbonyl (C=O) groups is 2. The molecule has 0 saturated carbocycles. The second-order valence-electron chi connectivity index (χ2n) is 4.53. The Labute approximate surface area is 121 Å². The predicted molar refractivity (Wildman–Crippen MR) is 81.1 cm³/mol. The van der Waals surface area contributed by atoms with Gasteiger partial charge < -0.3 is 5.32 Å². The fourth-order valence-corrected chi connectivity index (χ4v) is 2.10. The van der Waals surface area contributed by atoms with Crippen LogP contribution in [-0.4, -0.2) is 16.7 Å². The Morgan fingerprint density at radius 3 is 2.43 bits per heavy atom. The van der Waals surface area contributed by atoms with Crippen LogP contribution in [0, 0.1) is 0 Å². The molecule has 1 aromatic heterocycles. The van der Waals surface area contributed by atoms with Gasteiger partial charge in [0.05, 0.1) is 11.2 Å². The number of hydrogen-bond acceptors (Lipinski definition) is 3. The molecule has 0 aliphatic rings. The van der Waals surface area contributed by atoms with Crippen molar-refractivity contribution in [2.24, 2.45) is 0 Å². The van der Waals surface area contributed by atoms with Crippen molar-refractivity contribution in [2.45, 2.75) is 0 Å². The number of hydrogen-bond donors (Lipinski definition) is 1. The van der Waals surface area contributed by atoms with Gasteiger partial charge in [-0.05, 0) is 12.1 Å². The first kappa shape index (κ1) is 13.0. The summed E-state index contributed by atoms with van der Waals surface area (Å²) in [5.74, 6) is -1.23. The number of carbonyl (C=O) groups excluding carboxylic acids is 2. The Morgan fingerprint density at radius 2 is 1.62 bits per heavy atom. The number of nitrogens with zero attached hydrogens (tertiary/aromatic N) is 1. The molecule has 0 bridgehead atoms. The maximum Gasteiger partial charge on any atom is 0.296 e. The SMILES string of the molecule is O=C(Nc1cccc2cccnc12)C(=O)c1ccccc1. The van der Waals surface area contributed by atoms with Crippen LogP contribution in [0.2, 0.25) is 0 Å². The molecule has 21 heavy (non-hydrogen) atoms. The summed E-state index contributed by atoms with van der Waals surface area (Å²) in [6.07, 6.45) is 1.65. The van der Waals surface area contributed by atoms with Crippen LogP contribution in [0.1, 0.15) is 10.4 Å². The highest BCUT2D eigenvalue weighted by molar-refractivity contribution is 6.46. The molecule has 0 unspecified atom stereocenters. The van der Waals surface area contributed by atoms with Crippen molar-refractivity contribution in [3.63, 3.8) is 0 Å². The number of ketones is 1. The zero-order chi connectivity index (χ0) is 14.7. The van der Waals surface area contributed by atoms with E-state index in [9.17, 15) is 9.59 Å². The number of Topliss-reactive ketones (excluding diaryl/α,β-unsaturated/α-hetero) is 1. The number of aromatic nitrogens is 1. The van der Waals surface area contributed by atoms with Gasteiger partial charge >= 0.3 is 0 Å². The van der Waals surface area contributed by atoms with E-state index in [0.717, 1.165) is 5.39 Å². The van der Waals surface area contributed by atoms with Gasteiger partial charge in [0.1, 0.15) is 0 Å². The number of fused-ring (bicyclic) bond motifs is 1. The van der Waals surface area contributed by atoms with Gasteiger partial charge in [0.25, 0.3) is 11.7 Å². The minimum Gasteiger partial charge on any atom is -0.317 e. The molecule has 1 amide bonds. The summed E-state index contributed by atoms with van der Waals surface area (Å²) in [5, 5.41) is 3.54. The van der Waals surface area contributed by atoms with E-state index in [1.165, 1.54) is 0 Å². The molecule has 2 aromatic carbocycles. The van der Waals surface area contributed by atoms with Crippen molar-refractivity contribution < 1.29 is 9.59 Å². The second-order valence-corrected chi connectivity index (χ2v) is 4.53. The summed E-state index contributed by atoms with van der Waals surface area (Å²) in [6, 6.07) is 17.6. The average molecular weight is 276 g/mol. The van der Waals surface area contributed by atoms with Crippen molar-refractivity contribution >= 4 is 28.3 Å². The molecule has 4 heteroatoms. The molecule has 0 atom stereocenters. The van der Waals surface area contributed by atoms with Gasteiger partial charge in [0, 0.05) is 17.1 Å². The number of pyridine rings is 1. The third-order valence-electron chi connectivity index (χ3n) is 3.12. The molecule has 102 valence electrons. The Morgan fingerprint density at radius 1 is 0.857 bits per heavy atom. The van der Waals surface area contributed by atoms with Crippen LogP contribution in [0.5, 0.6) is 0 Å². The Balaban J connectivity index is 1.89. The standard InChI is InChI=1S/C17H12N2O2/c20-16(13-6-2-1-3-7-13)17(21)19-14-10-4-8-12-9-5-11-18-15(12)14/h1-11H,(H,19,21). The van der Waals surface area contributed by atoms with Crippen molar-refractivity contribution in [3.05, 3.63) is 72.4 Å². The maximum absolute atomic E-state index is 12.1. The molecule has 0 saturated heterocycles. The fourth-order valence-electron chi connectivity index (χ4n) is 2.10. The third kappa shape index (κ3) is 2.65. The maximum atomic E-state index is 12.1. The lowest BCUT2D eigenvalue weighted by molar-refractivity contribution is -0.112. The lowest BCUT2D eigenvalue weighted by atomic mass is 10.1. The normalized spacial score (nSPS) is 10.3. The second kappa shape index (κ2) is 5.54. The van der Waals surface area contributed by atoms with Crippen LogP contribution >= 0.6 is 0 Å². The topological polar surface area (TPSA) is 59.1 Å². The van der Waals surface area contributed by atoms with Crippen LogP contribution < -0.4 is 5.32 Å². The molecular weight excluding hydrogens is 264 g/mol. The highest BCUT2D eigenvalue weighted by atomic mass is 16.2. The van der Waals surface area contributed by atoms with Gasteiger partial charge in [-0.15, -0.1) is 0 Å². The zero-order valence-corrected chi connectivity index (χ0v) is 11.1. The summed E-state index contributed by atoms with van der Waals surface area (Å²) in [7, 11) is 0. The summed E-state index contributed by atoms with van der Waals surface area (Å²) < 4.78 is 0. The van der Waals surface area contributed by atoms with Crippen molar-refractivity contribution in [3.8, 4) is 0 Å². The van der Waals surface area contributed by atoms with E-state index < -0.39 is 11.7 Å². The fraction of sp³-hybridized carbons (Fsp3) is 0. The Kier molecular flexibility index (Phi) is 3.43. The molecule has 3 aromatic rings. The molecule has 0 aliphatic carbocycles. The minimum atomic E-state index is -0.667. The van der Waals surface area contributed by atoms with Crippen LogP contribution in [0.4, 0.5) is 5.69 Å². The zero-order valence-electron chi connectivity index (χ0n) is 11.1. The Bertz CT molecular complexity index is 808. The van der Waals surface area contributed by atoms with E-state index in [1.807, 2.05) is 24.3 Å². The summed E-state index contributed by atoms with van der Waals surface area (Å²) in [5.41, 5.74) is 1.56. The number of rotatable bonds is 3. The lowest BCUT2D eigenvalue weighted by Gasteiger charge is -2.07. The molecular formula is C17H12N2O2. The van der Waals surface area contributed by atoms with E-state index in [0.29, 0.717) is 16.8 Å². The molecule has 0 aliphatic heterocycles. The van der Waals surface area contributed by atoms with E-state index in [1.54, 1.807) is 42.6 Å². The first-order chi connectivity index (χ1) is 10.3. The third-order valence-corrected chi connectivity index (χ3v) is 3.12.